The Morgan fingerprint density at radius 1 is 1.62 bits per heavy atom. The summed E-state index contributed by atoms with van der Waals surface area (Å²) in [4.78, 5) is 19.4. The number of hydrogen-bond donors (Lipinski definition) is 1. The minimum absolute atomic E-state index is 0.276. The van der Waals surface area contributed by atoms with Crippen molar-refractivity contribution in [2.45, 2.75) is 12.8 Å². The monoisotopic (exact) mass is 206 g/mol. The van der Waals surface area contributed by atoms with Crippen LogP contribution in [0, 0.1) is 0 Å². The molecule has 0 saturated heterocycles. The lowest BCUT2D eigenvalue weighted by Crippen LogP contribution is -2.02. The van der Waals surface area contributed by atoms with E-state index in [1.54, 1.807) is 0 Å². The molecule has 4 nitrogen and oxygen atoms in total. The molecule has 5 heteroatoms. The Bertz CT molecular complexity index is 218. The van der Waals surface area contributed by atoms with Crippen LogP contribution in [0.3, 0.4) is 0 Å². The number of unbranched alkanes of at least 4 members (excludes halogenated alkanes) is 1. The molecule has 13 heavy (non-hydrogen) atoms. The van der Waals surface area contributed by atoms with Crippen LogP contribution in [0.4, 0.5) is 0 Å². The van der Waals surface area contributed by atoms with Gasteiger partial charge < -0.3 is 9.63 Å². The fraction of sp³-hybridized carbons (Fsp3) is 0.625. The molecule has 0 aromatic heterocycles. The van der Waals surface area contributed by atoms with E-state index in [1.165, 1.54) is 6.66 Å². The molecule has 1 atom stereocenters. The second-order valence-electron chi connectivity index (χ2n) is 2.85. The molecule has 0 aromatic carbocycles. The number of carbonyl (C=O) groups is 1. The van der Waals surface area contributed by atoms with Gasteiger partial charge in [-0.15, -0.1) is 0 Å². The summed E-state index contributed by atoms with van der Waals surface area (Å²) in [7, 11) is -2.90. The number of esters is 1. The van der Waals surface area contributed by atoms with Gasteiger partial charge in [-0.2, -0.15) is 0 Å². The van der Waals surface area contributed by atoms with Crippen LogP contribution in [0.5, 0.6) is 0 Å². The predicted molar refractivity (Wildman–Crippen MR) is 51.0 cm³/mol. The Morgan fingerprint density at radius 3 is 2.69 bits per heavy atom. The summed E-state index contributed by atoms with van der Waals surface area (Å²) >= 11 is 0. The van der Waals surface area contributed by atoms with E-state index in [0.29, 0.717) is 12.8 Å². The molecule has 0 rings (SSSR count). The SMILES string of the molecule is C=CC(=O)OCCCCP(C)(=O)O. The highest BCUT2D eigenvalue weighted by molar-refractivity contribution is 7.57. The highest BCUT2D eigenvalue weighted by atomic mass is 31.2. The van der Waals surface area contributed by atoms with Gasteiger partial charge in [-0.25, -0.2) is 4.79 Å². The topological polar surface area (TPSA) is 63.6 Å². The second-order valence-corrected chi connectivity index (χ2v) is 5.40. The molecule has 0 saturated carbocycles. The Morgan fingerprint density at radius 2 is 2.23 bits per heavy atom. The van der Waals surface area contributed by atoms with E-state index in [4.69, 9.17) is 4.89 Å². The smallest absolute Gasteiger partial charge is 0.330 e. The average Bonchev–Trinajstić information content (AvgIpc) is 2.01. The average molecular weight is 206 g/mol. The predicted octanol–water partition coefficient (Wildman–Crippen LogP) is 1.40. The molecule has 0 fully saturated rings. The van der Waals surface area contributed by atoms with E-state index in [1.807, 2.05) is 0 Å². The van der Waals surface area contributed by atoms with Crippen molar-refractivity contribution in [2.24, 2.45) is 0 Å². The summed E-state index contributed by atoms with van der Waals surface area (Å²) in [5, 5.41) is 0. The number of rotatable bonds is 6. The van der Waals surface area contributed by atoms with E-state index >= 15 is 0 Å². The molecule has 0 aliphatic heterocycles. The highest BCUT2D eigenvalue weighted by Crippen LogP contribution is 2.35. The number of carbonyl (C=O) groups excluding carboxylic acids is 1. The van der Waals surface area contributed by atoms with Gasteiger partial charge in [0.05, 0.1) is 6.61 Å². The summed E-state index contributed by atoms with van der Waals surface area (Å²) < 4.78 is 15.5. The van der Waals surface area contributed by atoms with Crippen molar-refractivity contribution in [3.63, 3.8) is 0 Å². The summed E-state index contributed by atoms with van der Waals surface area (Å²) in [6, 6.07) is 0. The Kier molecular flexibility index (Phi) is 5.67. The standard InChI is InChI=1S/C8H15O4P/c1-3-8(9)12-6-4-5-7-13(2,10)11/h3H,1,4-7H2,2H3,(H,10,11). The van der Waals surface area contributed by atoms with Gasteiger partial charge >= 0.3 is 5.97 Å². The Labute approximate surface area is 78.0 Å². The fourth-order valence-electron chi connectivity index (χ4n) is 0.739. The second kappa shape index (κ2) is 5.95. The van der Waals surface area contributed by atoms with E-state index in [9.17, 15) is 9.36 Å². The lowest BCUT2D eigenvalue weighted by Gasteiger charge is -2.04. The molecule has 0 bridgehead atoms. The van der Waals surface area contributed by atoms with Gasteiger partial charge in [0.15, 0.2) is 7.37 Å². The minimum Gasteiger partial charge on any atom is -0.463 e. The first-order valence-corrected chi connectivity index (χ1v) is 6.33. The normalized spacial score (nSPS) is 14.6. The van der Waals surface area contributed by atoms with Crippen LogP contribution >= 0.6 is 7.37 Å². The summed E-state index contributed by atoms with van der Waals surface area (Å²) in [5.41, 5.74) is 0. The zero-order chi connectivity index (χ0) is 10.3. The van der Waals surface area contributed by atoms with Crippen molar-refractivity contribution >= 4 is 13.3 Å². The molecule has 1 unspecified atom stereocenters. The first-order chi connectivity index (χ1) is 5.95. The zero-order valence-corrected chi connectivity index (χ0v) is 8.63. The Hall–Kier alpha value is -0.600. The fourth-order valence-corrected chi connectivity index (χ4v) is 1.55. The summed E-state index contributed by atoms with van der Waals surface area (Å²) in [5.74, 6) is -0.455. The molecule has 0 aliphatic carbocycles. The van der Waals surface area contributed by atoms with E-state index < -0.39 is 13.3 Å². The first-order valence-electron chi connectivity index (χ1n) is 4.04. The van der Waals surface area contributed by atoms with Gasteiger partial charge in [0.2, 0.25) is 0 Å². The van der Waals surface area contributed by atoms with Crippen LogP contribution in [-0.4, -0.2) is 30.3 Å². The van der Waals surface area contributed by atoms with Crippen molar-refractivity contribution in [1.82, 2.24) is 0 Å². The van der Waals surface area contributed by atoms with Crippen LogP contribution in [0.15, 0.2) is 12.7 Å². The maximum absolute atomic E-state index is 10.8. The van der Waals surface area contributed by atoms with Crippen LogP contribution in [0.1, 0.15) is 12.8 Å². The highest BCUT2D eigenvalue weighted by Gasteiger charge is 2.08. The number of ether oxygens (including phenoxy) is 1. The Balaban J connectivity index is 3.32. The van der Waals surface area contributed by atoms with Gasteiger partial charge in [-0.3, -0.25) is 4.57 Å². The maximum Gasteiger partial charge on any atom is 0.330 e. The van der Waals surface area contributed by atoms with E-state index in [0.717, 1.165) is 6.08 Å². The van der Waals surface area contributed by atoms with E-state index in [-0.39, 0.29) is 12.8 Å². The zero-order valence-electron chi connectivity index (χ0n) is 7.73. The third kappa shape index (κ3) is 9.31. The maximum atomic E-state index is 10.8. The van der Waals surface area contributed by atoms with Gasteiger partial charge in [-0.05, 0) is 12.8 Å². The van der Waals surface area contributed by atoms with Gasteiger partial charge in [0.25, 0.3) is 0 Å². The van der Waals surface area contributed by atoms with Crippen molar-refractivity contribution in [1.29, 1.82) is 0 Å². The van der Waals surface area contributed by atoms with Gasteiger partial charge in [0, 0.05) is 18.9 Å². The van der Waals surface area contributed by atoms with Crippen molar-refractivity contribution < 1.29 is 19.0 Å². The molecule has 76 valence electrons. The number of hydrogen-bond acceptors (Lipinski definition) is 3. The summed E-state index contributed by atoms with van der Waals surface area (Å²) in [6.45, 7) is 4.84. The van der Waals surface area contributed by atoms with Gasteiger partial charge in [-0.1, -0.05) is 6.58 Å². The van der Waals surface area contributed by atoms with Crippen molar-refractivity contribution in [3.05, 3.63) is 12.7 Å². The van der Waals surface area contributed by atoms with Crippen molar-refractivity contribution in [3.8, 4) is 0 Å². The molecule has 0 aromatic rings. The van der Waals surface area contributed by atoms with Crippen LogP contribution in [0.2, 0.25) is 0 Å². The third-order valence-electron chi connectivity index (χ3n) is 1.38. The molecule has 0 heterocycles. The largest absolute Gasteiger partial charge is 0.463 e. The molecular formula is C8H15O4P. The van der Waals surface area contributed by atoms with Crippen LogP contribution < -0.4 is 0 Å². The first kappa shape index (κ1) is 12.4. The summed E-state index contributed by atoms with van der Waals surface area (Å²) in [6.07, 6.45) is 2.57. The molecule has 0 amide bonds. The molecule has 0 radical (unpaired) electrons. The van der Waals surface area contributed by atoms with Gasteiger partial charge in [0.1, 0.15) is 0 Å². The third-order valence-corrected chi connectivity index (χ3v) is 2.52. The quantitative estimate of drug-likeness (QED) is 0.309. The molecule has 1 N–H and O–H groups in total. The van der Waals surface area contributed by atoms with Crippen molar-refractivity contribution in [2.75, 3.05) is 19.4 Å². The molecule has 0 aliphatic rings. The molecule has 0 spiro atoms. The van der Waals surface area contributed by atoms with Crippen LogP contribution in [0.25, 0.3) is 0 Å². The lowest BCUT2D eigenvalue weighted by atomic mass is 10.4. The molecular weight excluding hydrogens is 191 g/mol. The van der Waals surface area contributed by atoms with Crippen LogP contribution in [-0.2, 0) is 14.1 Å². The lowest BCUT2D eigenvalue weighted by molar-refractivity contribution is -0.137. The van der Waals surface area contributed by atoms with E-state index in [2.05, 4.69) is 11.3 Å². The minimum atomic E-state index is -2.90.